The summed E-state index contributed by atoms with van der Waals surface area (Å²) in [6.45, 7) is 1.94. The van der Waals surface area contributed by atoms with Crippen LogP contribution in [0.1, 0.15) is 58.4 Å². The van der Waals surface area contributed by atoms with E-state index in [2.05, 4.69) is 60.7 Å². The van der Waals surface area contributed by atoms with Crippen molar-refractivity contribution in [3.8, 4) is 46.0 Å². The van der Waals surface area contributed by atoms with Crippen molar-refractivity contribution in [1.29, 1.82) is 0 Å². The summed E-state index contributed by atoms with van der Waals surface area (Å²) in [5.74, 6) is -4.61. The smallest absolute Gasteiger partial charge is 0.870 e. The number of benzene rings is 4. The standard InChI is InChI=1S/4C14H13N3O3.2C3H7NO.2C2H4O2.4CH4O.2NO3.2Nd.2H2O.4Zn/c4*1-20-12-6-2-4-10(13(12)18)9-16-17-14(19)11-5-3-7-15-8-11;2*1-4(2)3-5;2*1-2(3)4;4*1-2;2*2-1(3)4;;;;;;;;/h4*2-9,18H,1H3,(H,17,19);2*3H,1-2H3;2*1H3,(H,3,4);4*2H,1H3;;;;;2*1H2;;;;/q;;;;;;;;;;;;2*-1;2*+3;;;4*+2/p-12/b4*16-9+;;;;;;;;;;;;;;;;;;. The normalized spacial score (nSPS) is 9.26. The molecule has 0 unspecified atom stereocenters. The van der Waals surface area contributed by atoms with Crippen LogP contribution in [0.25, 0.3) is 0 Å². The summed E-state index contributed by atoms with van der Waals surface area (Å²) in [6.07, 6.45) is 18.2. The van der Waals surface area contributed by atoms with Gasteiger partial charge in [0.1, 0.15) is 23.0 Å². The molecule has 4 aromatic carbocycles. The van der Waals surface area contributed by atoms with Crippen LogP contribution in [0.15, 0.2) is 212 Å². The average molecular weight is 2180 g/mol. The molecule has 4 aromatic heterocycles. The number of pyridine rings is 4. The number of hydrogen-bond acceptors (Lipinski definition) is 42. The number of carbonyl (C=O) groups excluding carboxylic acids is 4. The second kappa shape index (κ2) is 96.1. The number of carbonyl (C=O) groups is 4. The van der Waals surface area contributed by atoms with Crippen LogP contribution in [0.3, 0.4) is 0 Å². The molecule has 0 aliphatic carbocycles. The molecule has 0 bridgehead atoms. The monoisotopic (exact) mass is 2170 g/mol. The van der Waals surface area contributed by atoms with Crippen LogP contribution in [0.2, 0.25) is 0 Å². The molecule has 2 radical (unpaired) electrons. The van der Waals surface area contributed by atoms with Gasteiger partial charge in [0.15, 0.2) is 0 Å². The van der Waals surface area contributed by atoms with Gasteiger partial charge >= 0.3 is 160 Å². The molecule has 0 atom stereocenters. The van der Waals surface area contributed by atoms with E-state index in [0.717, 1.165) is 55.1 Å². The molecule has 4 heterocycles. The van der Waals surface area contributed by atoms with Crippen LogP contribution < -0.4 is 70.0 Å². The molecule has 46 nitrogen and oxygen atoms in total. The molecule has 0 saturated heterocycles. The topological polar surface area (TPSA) is 766 Å². The second-order valence-electron chi connectivity index (χ2n) is 18.6. The Hall–Kier alpha value is -10.3. The van der Waals surface area contributed by atoms with Crippen LogP contribution in [-0.2, 0) is 97.1 Å². The van der Waals surface area contributed by atoms with Gasteiger partial charge < -0.3 is 151 Å². The van der Waals surface area contributed by atoms with Crippen LogP contribution in [0.5, 0.6) is 46.0 Å². The fourth-order valence-electron chi connectivity index (χ4n) is 5.94. The van der Waals surface area contributed by atoms with Gasteiger partial charge in [0.25, 0.3) is 0 Å². The largest absolute Gasteiger partial charge is 3.00 e. The number of carboxylic acids is 2. The molecule has 52 heteroatoms. The summed E-state index contributed by atoms with van der Waals surface area (Å²) < 4.78 is 19.6. The Kier molecular flexibility index (Phi) is 113. The summed E-state index contributed by atoms with van der Waals surface area (Å²) >= 11 is 0. The fourth-order valence-corrected chi connectivity index (χ4v) is 5.94. The Morgan fingerprint density at radius 3 is 0.623 bits per heavy atom. The quantitative estimate of drug-likeness (QED) is 0.0158. The molecular weight excluding hydrogens is 2090 g/mol. The van der Waals surface area contributed by atoms with E-state index in [0.29, 0.717) is 44.5 Å². The maximum atomic E-state index is 11.8. The minimum absolute atomic E-state index is 0. The molecular formula is C70H82N16Nd2O30Zn4. The van der Waals surface area contributed by atoms with Crippen molar-refractivity contribution in [3.05, 3.63) is 246 Å². The molecule has 8 rings (SSSR count). The zero-order valence-corrected chi connectivity index (χ0v) is 86.4. The van der Waals surface area contributed by atoms with E-state index in [1.165, 1.54) is 87.9 Å². The maximum Gasteiger partial charge on any atom is 3.00 e. The first-order valence-corrected chi connectivity index (χ1v) is 30.5. The molecule has 0 spiro atoms. The number of aliphatic carboxylic acids is 2. The Bertz CT molecular complexity index is 3690. The van der Waals surface area contributed by atoms with E-state index in [4.69, 9.17) is 89.8 Å². The Morgan fingerprint density at radius 2 is 0.508 bits per heavy atom. The summed E-state index contributed by atoms with van der Waals surface area (Å²) in [4.78, 5) is 71.3. The van der Waals surface area contributed by atoms with Crippen LogP contribution >= 0.6 is 0 Å². The van der Waals surface area contributed by atoms with Crippen molar-refractivity contribution in [2.24, 2.45) is 40.8 Å². The maximum absolute atomic E-state index is 11.8. The third kappa shape index (κ3) is 77.0. The number of amides is 2. The Balaban J connectivity index is -0.0000000924. The Morgan fingerprint density at radius 1 is 0.361 bits per heavy atom. The average Bonchev–Trinajstić information content (AvgIpc) is 0.874. The number of para-hydroxylation sites is 4. The number of aliphatic hydroxyl groups excluding tert-OH is 4. The molecule has 0 fully saturated rings. The predicted octanol–water partition coefficient (Wildman–Crippen LogP) is -4.27. The van der Waals surface area contributed by atoms with E-state index in [1.807, 2.05) is 0 Å². The van der Waals surface area contributed by atoms with E-state index in [1.54, 1.807) is 174 Å². The number of methoxy groups -OCH3 is 4. The first-order valence-electron chi connectivity index (χ1n) is 30.5. The number of ether oxygens (including phenoxy) is 4. The van der Waals surface area contributed by atoms with Gasteiger partial charge in [-0.15, -0.1) is 0 Å². The van der Waals surface area contributed by atoms with Gasteiger partial charge in [0, 0.05) is 164 Å². The van der Waals surface area contributed by atoms with Crippen molar-refractivity contribution in [2.75, 3.05) is 85.1 Å². The first-order chi connectivity index (χ1) is 54.3. The third-order valence-corrected chi connectivity index (χ3v) is 10.4. The zero-order chi connectivity index (χ0) is 88.4. The van der Waals surface area contributed by atoms with Gasteiger partial charge in [-0.25, -0.2) is 0 Å². The van der Waals surface area contributed by atoms with E-state index < -0.39 is 45.7 Å². The second-order valence-corrected chi connectivity index (χ2v) is 18.6. The van der Waals surface area contributed by atoms with E-state index in [-0.39, 0.29) is 217 Å². The van der Waals surface area contributed by atoms with Gasteiger partial charge in [-0.1, -0.05) is 95.8 Å². The molecule has 6 N–H and O–H groups in total. The number of nitrogens with zero attached hydrogens (tertiary/aromatic N) is 16. The first kappa shape index (κ1) is 143. The number of aliphatic hydroxyl groups is 4. The number of aromatic nitrogens is 4. The minimum Gasteiger partial charge on any atom is -0.870 e. The van der Waals surface area contributed by atoms with Crippen LogP contribution in [-0.4, -0.2) is 230 Å². The molecule has 122 heavy (non-hydrogen) atoms. The molecule has 2 amide bonds. The molecule has 8 aromatic rings. The predicted molar refractivity (Wildman–Crippen MR) is 401 cm³/mol. The number of hydrogen-bond donors (Lipinski definition) is 4. The fraction of sp³-hybridized carbons (Fsp3) is 0.200. The molecule has 0 saturated carbocycles. The van der Waals surface area contributed by atoms with Crippen molar-refractivity contribution in [3.63, 3.8) is 0 Å². The third-order valence-electron chi connectivity index (χ3n) is 10.4. The van der Waals surface area contributed by atoms with Crippen LogP contribution in [0.4, 0.5) is 0 Å². The van der Waals surface area contributed by atoms with Gasteiger partial charge in [-0.2, -0.15) is 40.8 Å². The van der Waals surface area contributed by atoms with Gasteiger partial charge in [0.05, 0.1) is 63.5 Å². The minimum atomic E-state index is -1.75. The van der Waals surface area contributed by atoms with E-state index >= 15 is 0 Å². The van der Waals surface area contributed by atoms with Crippen molar-refractivity contribution in [1.82, 2.24) is 29.7 Å². The number of rotatable bonds is 18. The van der Waals surface area contributed by atoms with E-state index in [9.17, 15) is 50.4 Å². The molecule has 0 aliphatic rings. The number of carboxylic acid groups (broad SMARTS) is 2. The summed E-state index contributed by atoms with van der Waals surface area (Å²) in [5.41, 5.74) is 2.52. The van der Waals surface area contributed by atoms with Gasteiger partial charge in [-0.3, -0.25) is 29.5 Å². The van der Waals surface area contributed by atoms with Gasteiger partial charge in [-0.05, 0) is 84.6 Å². The van der Waals surface area contributed by atoms with Gasteiger partial charge in [0.2, 0.25) is 12.8 Å². The van der Waals surface area contributed by atoms with Crippen molar-refractivity contribution in [2.45, 2.75) is 13.8 Å². The summed E-state index contributed by atoms with van der Waals surface area (Å²) in [7, 11) is 16.4. The zero-order valence-electron chi connectivity index (χ0n) is 68.1. The molecule has 0 aliphatic heterocycles. The van der Waals surface area contributed by atoms with Crippen molar-refractivity contribution < 1.29 is 290 Å². The Labute approximate surface area is 816 Å². The summed E-state index contributed by atoms with van der Waals surface area (Å²) in [6, 6.07) is 32.0. The van der Waals surface area contributed by atoms with Crippen molar-refractivity contribution >= 4 is 73.2 Å². The molecule has 638 valence electrons. The van der Waals surface area contributed by atoms with Crippen LogP contribution in [0, 0.1) is 112 Å². The summed E-state index contributed by atoms with van der Waals surface area (Å²) in [5, 5.41) is 197. The SMILES string of the molecule is CC(=O)[O-].CC(=O)[O-].CN(C)C=O.CN(C)C=O.CO.CO.CO.CO.COc1cccc(/C=N/N=C(\[O-])c2cccnc2)c1[O-].COc1cccc(/C=N/N=C(\[O-])c2cccnc2)c1[O-].COc1cccc(/C=N/N=C(\[O-])c2cccnc2)c1[O-].COc1cccc(/C=N/N=C(\[O-])c2cccnc2)c1[O-].O=[N+]([O-])[O-].O=[N+]([O-])[O-].[Nd+3].[Nd+3].[OH-].[OH-].[Zn+2].[Zn+2].[Zn+2].[Zn+2].